The van der Waals surface area contributed by atoms with Gasteiger partial charge in [-0.25, -0.2) is 13.1 Å². The molecule has 116 valence electrons. The van der Waals surface area contributed by atoms with Crippen LogP contribution in [0, 0.1) is 0 Å². The smallest absolute Gasteiger partial charge is 0.253 e. The SMILES string of the molecule is CN(C(=O)c1cccc(-n2cccn2)c1)C1CCS(=O)(=O)C1. The van der Waals surface area contributed by atoms with Crippen molar-refractivity contribution < 1.29 is 13.2 Å². The third-order valence-electron chi connectivity index (χ3n) is 3.94. The van der Waals surface area contributed by atoms with Crippen LogP contribution >= 0.6 is 0 Å². The zero-order valence-electron chi connectivity index (χ0n) is 12.2. The number of nitrogens with zero attached hydrogens (tertiary/aromatic N) is 3. The molecule has 1 aromatic carbocycles. The van der Waals surface area contributed by atoms with Gasteiger partial charge in [0.2, 0.25) is 0 Å². The minimum atomic E-state index is -3.01. The Balaban J connectivity index is 1.82. The van der Waals surface area contributed by atoms with Crippen molar-refractivity contribution in [3.05, 3.63) is 48.3 Å². The normalized spacial score (nSPS) is 20.0. The van der Waals surface area contributed by atoms with Crippen LogP contribution in [0.15, 0.2) is 42.7 Å². The molecule has 1 aliphatic rings. The van der Waals surface area contributed by atoms with Crippen LogP contribution in [0.5, 0.6) is 0 Å². The van der Waals surface area contributed by atoms with Crippen molar-refractivity contribution in [3.8, 4) is 5.69 Å². The van der Waals surface area contributed by atoms with Gasteiger partial charge in [0.15, 0.2) is 9.84 Å². The summed E-state index contributed by atoms with van der Waals surface area (Å²) in [5.41, 5.74) is 1.32. The van der Waals surface area contributed by atoms with Crippen LogP contribution in [0.2, 0.25) is 0 Å². The van der Waals surface area contributed by atoms with Crippen LogP contribution < -0.4 is 0 Å². The number of hydrogen-bond donors (Lipinski definition) is 0. The molecule has 1 unspecified atom stereocenters. The third kappa shape index (κ3) is 2.89. The van der Waals surface area contributed by atoms with Crippen LogP contribution in [0.25, 0.3) is 5.69 Å². The van der Waals surface area contributed by atoms with Crippen molar-refractivity contribution in [2.24, 2.45) is 0 Å². The second kappa shape index (κ2) is 5.57. The van der Waals surface area contributed by atoms with Crippen LogP contribution in [0.1, 0.15) is 16.8 Å². The number of carbonyl (C=O) groups is 1. The zero-order valence-corrected chi connectivity index (χ0v) is 13.0. The van der Waals surface area contributed by atoms with Crippen molar-refractivity contribution in [3.63, 3.8) is 0 Å². The number of carbonyl (C=O) groups excluding carboxylic acids is 1. The van der Waals surface area contributed by atoms with E-state index in [1.54, 1.807) is 42.3 Å². The summed E-state index contributed by atoms with van der Waals surface area (Å²) in [5.74, 6) is 0.0348. The van der Waals surface area contributed by atoms with Gasteiger partial charge in [-0.05, 0) is 30.7 Å². The first-order valence-electron chi connectivity index (χ1n) is 7.04. The summed E-state index contributed by atoms with van der Waals surface area (Å²) in [6.07, 6.45) is 3.98. The minimum absolute atomic E-state index is 0.0497. The van der Waals surface area contributed by atoms with E-state index in [0.29, 0.717) is 12.0 Å². The molecule has 3 rings (SSSR count). The lowest BCUT2D eigenvalue weighted by Gasteiger charge is -2.23. The van der Waals surface area contributed by atoms with Crippen LogP contribution in [-0.4, -0.2) is 53.6 Å². The highest BCUT2D eigenvalue weighted by Crippen LogP contribution is 2.19. The standard InChI is InChI=1S/C15H17N3O3S/c1-17(14-6-9-22(20,21)11-14)15(19)12-4-2-5-13(10-12)18-8-3-7-16-18/h2-5,7-8,10,14H,6,9,11H2,1H3. The molecule has 1 atom stereocenters. The van der Waals surface area contributed by atoms with E-state index in [-0.39, 0.29) is 23.5 Å². The van der Waals surface area contributed by atoms with Crippen molar-refractivity contribution in [1.29, 1.82) is 0 Å². The van der Waals surface area contributed by atoms with E-state index in [9.17, 15) is 13.2 Å². The van der Waals surface area contributed by atoms with Crippen molar-refractivity contribution in [2.45, 2.75) is 12.5 Å². The lowest BCUT2D eigenvalue weighted by molar-refractivity contribution is 0.0747. The van der Waals surface area contributed by atoms with Gasteiger partial charge in [0.25, 0.3) is 5.91 Å². The molecule has 22 heavy (non-hydrogen) atoms. The molecule has 0 saturated carbocycles. The first-order chi connectivity index (χ1) is 10.5. The van der Waals surface area contributed by atoms with Gasteiger partial charge in [0.05, 0.1) is 17.2 Å². The molecule has 6 nitrogen and oxygen atoms in total. The Kier molecular flexibility index (Phi) is 3.74. The number of benzene rings is 1. The highest BCUT2D eigenvalue weighted by molar-refractivity contribution is 7.91. The average Bonchev–Trinajstić information content (AvgIpc) is 3.15. The topological polar surface area (TPSA) is 72.3 Å². The molecule has 0 radical (unpaired) electrons. The zero-order chi connectivity index (χ0) is 15.7. The first kappa shape index (κ1) is 14.8. The van der Waals surface area contributed by atoms with E-state index in [0.717, 1.165) is 5.69 Å². The van der Waals surface area contributed by atoms with Crippen molar-refractivity contribution in [2.75, 3.05) is 18.6 Å². The Morgan fingerprint density at radius 1 is 1.36 bits per heavy atom. The molecule has 7 heteroatoms. The summed E-state index contributed by atoms with van der Waals surface area (Å²) in [7, 11) is -1.35. The maximum atomic E-state index is 12.6. The Labute approximate surface area is 129 Å². The first-order valence-corrected chi connectivity index (χ1v) is 8.86. The average molecular weight is 319 g/mol. The highest BCUT2D eigenvalue weighted by Gasteiger charge is 2.33. The molecule has 0 spiro atoms. The molecule has 2 heterocycles. The number of aromatic nitrogens is 2. The fourth-order valence-electron chi connectivity index (χ4n) is 2.65. The molecule has 0 aliphatic carbocycles. The Hall–Kier alpha value is -2.15. The van der Waals surface area contributed by atoms with E-state index >= 15 is 0 Å². The third-order valence-corrected chi connectivity index (χ3v) is 5.69. The summed E-state index contributed by atoms with van der Waals surface area (Å²) < 4.78 is 24.8. The second-order valence-corrected chi connectivity index (χ2v) is 7.70. The predicted octanol–water partition coefficient (Wildman–Crippen LogP) is 1.13. The maximum Gasteiger partial charge on any atom is 0.253 e. The van der Waals surface area contributed by atoms with Crippen LogP contribution in [0.3, 0.4) is 0 Å². The summed E-state index contributed by atoms with van der Waals surface area (Å²) >= 11 is 0. The monoisotopic (exact) mass is 319 g/mol. The Bertz CT molecular complexity index is 784. The minimum Gasteiger partial charge on any atom is -0.338 e. The molecule has 2 aromatic rings. The van der Waals surface area contributed by atoms with Crippen molar-refractivity contribution in [1.82, 2.24) is 14.7 Å². The molecule has 1 saturated heterocycles. The lowest BCUT2D eigenvalue weighted by atomic mass is 10.1. The molecule has 0 bridgehead atoms. The largest absolute Gasteiger partial charge is 0.338 e. The highest BCUT2D eigenvalue weighted by atomic mass is 32.2. The molecular weight excluding hydrogens is 302 g/mol. The van der Waals surface area contributed by atoms with Gasteiger partial charge < -0.3 is 4.90 Å². The molecule has 1 fully saturated rings. The maximum absolute atomic E-state index is 12.6. The van der Waals surface area contributed by atoms with Gasteiger partial charge in [-0.1, -0.05) is 6.07 Å². The van der Waals surface area contributed by atoms with E-state index in [2.05, 4.69) is 5.10 Å². The quantitative estimate of drug-likeness (QED) is 0.850. The number of amides is 1. The van der Waals surface area contributed by atoms with Crippen LogP contribution in [0.4, 0.5) is 0 Å². The predicted molar refractivity (Wildman–Crippen MR) is 82.7 cm³/mol. The van der Waals surface area contributed by atoms with Gasteiger partial charge in [0, 0.05) is 31.0 Å². The Morgan fingerprint density at radius 2 is 2.18 bits per heavy atom. The van der Waals surface area contributed by atoms with Crippen molar-refractivity contribution >= 4 is 15.7 Å². The molecular formula is C15H17N3O3S. The summed E-state index contributed by atoms with van der Waals surface area (Å²) in [5, 5.41) is 4.14. The second-order valence-electron chi connectivity index (χ2n) is 5.47. The van der Waals surface area contributed by atoms with Gasteiger partial charge in [-0.3, -0.25) is 4.79 Å². The number of hydrogen-bond acceptors (Lipinski definition) is 4. The number of rotatable bonds is 3. The van der Waals surface area contributed by atoms with Crippen LogP contribution in [-0.2, 0) is 9.84 Å². The summed E-state index contributed by atoms with van der Waals surface area (Å²) in [6, 6.07) is 8.72. The van der Waals surface area contributed by atoms with E-state index in [1.807, 2.05) is 12.1 Å². The van der Waals surface area contributed by atoms with Gasteiger partial charge >= 0.3 is 0 Å². The fraction of sp³-hybridized carbons (Fsp3) is 0.333. The summed E-state index contributed by atoms with van der Waals surface area (Å²) in [4.78, 5) is 14.1. The van der Waals surface area contributed by atoms with E-state index in [4.69, 9.17) is 0 Å². The summed E-state index contributed by atoms with van der Waals surface area (Å²) in [6.45, 7) is 0. The lowest BCUT2D eigenvalue weighted by Crippen LogP contribution is -2.37. The van der Waals surface area contributed by atoms with Gasteiger partial charge in [-0.15, -0.1) is 0 Å². The molecule has 1 aliphatic heterocycles. The molecule has 0 N–H and O–H groups in total. The fourth-order valence-corrected chi connectivity index (χ4v) is 4.43. The number of sulfone groups is 1. The van der Waals surface area contributed by atoms with Gasteiger partial charge in [-0.2, -0.15) is 5.10 Å². The Morgan fingerprint density at radius 3 is 2.82 bits per heavy atom. The molecule has 1 amide bonds. The molecule has 1 aromatic heterocycles. The van der Waals surface area contributed by atoms with Gasteiger partial charge in [0.1, 0.15) is 0 Å². The van der Waals surface area contributed by atoms with E-state index in [1.165, 1.54) is 4.90 Å². The van der Waals surface area contributed by atoms with E-state index < -0.39 is 9.84 Å².